The standard InChI is InChI=1S/C11H20ClNO2/c12-7-3-6-11(14)13-8-9-15-10-4-1-2-5-10/h10H,1-9H2,(H,13,14). The molecule has 1 amide bonds. The van der Waals surface area contributed by atoms with E-state index in [0.717, 1.165) is 6.42 Å². The van der Waals surface area contributed by atoms with Crippen LogP contribution in [0.3, 0.4) is 0 Å². The summed E-state index contributed by atoms with van der Waals surface area (Å²) in [4.78, 5) is 11.2. The zero-order valence-electron chi connectivity index (χ0n) is 9.14. The van der Waals surface area contributed by atoms with Crippen LogP contribution in [0, 0.1) is 0 Å². The van der Waals surface area contributed by atoms with Gasteiger partial charge in [-0.3, -0.25) is 4.79 Å². The number of nitrogens with one attached hydrogen (secondary N) is 1. The summed E-state index contributed by atoms with van der Waals surface area (Å²) in [5, 5.41) is 2.82. The van der Waals surface area contributed by atoms with Gasteiger partial charge in [0.05, 0.1) is 12.7 Å². The van der Waals surface area contributed by atoms with Crippen LogP contribution in [0.15, 0.2) is 0 Å². The Morgan fingerprint density at radius 3 is 2.80 bits per heavy atom. The van der Waals surface area contributed by atoms with Crippen molar-refractivity contribution >= 4 is 17.5 Å². The van der Waals surface area contributed by atoms with Crippen molar-refractivity contribution in [2.45, 2.75) is 44.6 Å². The molecule has 88 valence electrons. The van der Waals surface area contributed by atoms with Gasteiger partial charge in [-0.2, -0.15) is 0 Å². The number of ether oxygens (including phenoxy) is 1. The second-order valence-electron chi connectivity index (χ2n) is 3.92. The monoisotopic (exact) mass is 233 g/mol. The largest absolute Gasteiger partial charge is 0.376 e. The molecule has 0 aliphatic heterocycles. The molecule has 0 bridgehead atoms. The summed E-state index contributed by atoms with van der Waals surface area (Å²) in [6.45, 7) is 1.26. The van der Waals surface area contributed by atoms with Gasteiger partial charge in [-0.25, -0.2) is 0 Å². The molecule has 1 rings (SSSR count). The number of halogens is 1. The van der Waals surface area contributed by atoms with Crippen LogP contribution in [0.2, 0.25) is 0 Å². The Bertz CT molecular complexity index is 181. The Hall–Kier alpha value is -0.280. The molecule has 1 aliphatic carbocycles. The highest BCUT2D eigenvalue weighted by atomic mass is 35.5. The van der Waals surface area contributed by atoms with Gasteiger partial charge in [0.25, 0.3) is 0 Å². The molecule has 15 heavy (non-hydrogen) atoms. The average molecular weight is 234 g/mol. The third-order valence-electron chi connectivity index (χ3n) is 2.62. The van der Waals surface area contributed by atoms with Crippen molar-refractivity contribution in [1.29, 1.82) is 0 Å². The number of carbonyl (C=O) groups excluding carboxylic acids is 1. The number of hydrogen-bond donors (Lipinski definition) is 1. The third-order valence-corrected chi connectivity index (χ3v) is 2.88. The molecular weight excluding hydrogens is 214 g/mol. The fraction of sp³-hybridized carbons (Fsp3) is 0.909. The van der Waals surface area contributed by atoms with Crippen molar-refractivity contribution in [3.8, 4) is 0 Å². The first-order chi connectivity index (χ1) is 7.33. The maximum atomic E-state index is 11.2. The zero-order valence-corrected chi connectivity index (χ0v) is 9.89. The van der Waals surface area contributed by atoms with Crippen molar-refractivity contribution in [1.82, 2.24) is 5.32 Å². The van der Waals surface area contributed by atoms with Crippen LogP contribution in [0.25, 0.3) is 0 Å². The Morgan fingerprint density at radius 2 is 2.13 bits per heavy atom. The van der Waals surface area contributed by atoms with E-state index >= 15 is 0 Å². The van der Waals surface area contributed by atoms with Gasteiger partial charge >= 0.3 is 0 Å². The molecule has 0 spiro atoms. The highest BCUT2D eigenvalue weighted by Crippen LogP contribution is 2.20. The molecule has 0 aromatic heterocycles. The fourth-order valence-corrected chi connectivity index (χ4v) is 1.92. The number of hydrogen-bond acceptors (Lipinski definition) is 2. The van der Waals surface area contributed by atoms with Crippen molar-refractivity contribution in [2.75, 3.05) is 19.0 Å². The maximum absolute atomic E-state index is 11.2. The predicted octanol–water partition coefficient (Wildman–Crippen LogP) is 2.08. The number of alkyl halides is 1. The van der Waals surface area contributed by atoms with Gasteiger partial charge in [-0.15, -0.1) is 11.6 Å². The Morgan fingerprint density at radius 1 is 1.40 bits per heavy atom. The fourth-order valence-electron chi connectivity index (χ4n) is 1.79. The first-order valence-electron chi connectivity index (χ1n) is 5.77. The van der Waals surface area contributed by atoms with E-state index in [1.807, 2.05) is 0 Å². The topological polar surface area (TPSA) is 38.3 Å². The molecule has 1 N–H and O–H groups in total. The molecule has 0 saturated heterocycles. The normalized spacial score (nSPS) is 16.9. The van der Waals surface area contributed by atoms with Crippen LogP contribution in [0.5, 0.6) is 0 Å². The van der Waals surface area contributed by atoms with E-state index in [1.54, 1.807) is 0 Å². The van der Waals surface area contributed by atoms with Crippen molar-refractivity contribution < 1.29 is 9.53 Å². The molecule has 1 saturated carbocycles. The van der Waals surface area contributed by atoms with E-state index in [2.05, 4.69) is 5.32 Å². The Kier molecular flexibility index (Phi) is 6.77. The summed E-state index contributed by atoms with van der Waals surface area (Å²) >= 11 is 5.49. The molecule has 3 nitrogen and oxygen atoms in total. The van der Waals surface area contributed by atoms with E-state index in [0.29, 0.717) is 31.6 Å². The van der Waals surface area contributed by atoms with Gasteiger partial charge in [0, 0.05) is 18.8 Å². The molecule has 0 radical (unpaired) electrons. The number of rotatable bonds is 7. The Balaban J connectivity index is 1.89. The van der Waals surface area contributed by atoms with Crippen LogP contribution >= 0.6 is 11.6 Å². The number of carbonyl (C=O) groups is 1. The predicted molar refractivity (Wildman–Crippen MR) is 61.2 cm³/mol. The minimum atomic E-state index is 0.0747. The summed E-state index contributed by atoms with van der Waals surface area (Å²) in [7, 11) is 0. The molecule has 0 aromatic carbocycles. The first kappa shape index (κ1) is 12.8. The highest BCUT2D eigenvalue weighted by Gasteiger charge is 2.14. The molecule has 0 unspecified atom stereocenters. The lowest BCUT2D eigenvalue weighted by Gasteiger charge is -2.11. The minimum Gasteiger partial charge on any atom is -0.376 e. The smallest absolute Gasteiger partial charge is 0.220 e. The second-order valence-corrected chi connectivity index (χ2v) is 4.30. The second kappa shape index (κ2) is 7.94. The van der Waals surface area contributed by atoms with Crippen LogP contribution in [-0.2, 0) is 9.53 Å². The van der Waals surface area contributed by atoms with Gasteiger partial charge in [-0.05, 0) is 19.3 Å². The molecule has 4 heteroatoms. The Labute approximate surface area is 96.5 Å². The molecule has 0 aromatic rings. The summed E-state index contributed by atoms with van der Waals surface area (Å²) < 4.78 is 5.62. The maximum Gasteiger partial charge on any atom is 0.220 e. The molecule has 0 atom stereocenters. The third kappa shape index (κ3) is 6.00. The van der Waals surface area contributed by atoms with Gasteiger partial charge in [0.15, 0.2) is 0 Å². The van der Waals surface area contributed by atoms with E-state index in [1.165, 1.54) is 25.7 Å². The molecule has 1 aliphatic rings. The summed E-state index contributed by atoms with van der Waals surface area (Å²) in [6, 6.07) is 0. The van der Waals surface area contributed by atoms with Gasteiger partial charge < -0.3 is 10.1 Å². The lowest BCUT2D eigenvalue weighted by molar-refractivity contribution is -0.121. The van der Waals surface area contributed by atoms with Crippen LogP contribution in [0.4, 0.5) is 0 Å². The van der Waals surface area contributed by atoms with Crippen LogP contribution in [0.1, 0.15) is 38.5 Å². The lowest BCUT2D eigenvalue weighted by atomic mass is 10.3. The quantitative estimate of drug-likeness (QED) is 0.540. The van der Waals surface area contributed by atoms with E-state index in [4.69, 9.17) is 16.3 Å². The molecule has 0 heterocycles. The van der Waals surface area contributed by atoms with Crippen molar-refractivity contribution in [3.63, 3.8) is 0 Å². The van der Waals surface area contributed by atoms with E-state index < -0.39 is 0 Å². The van der Waals surface area contributed by atoms with Gasteiger partial charge in [0.2, 0.25) is 5.91 Å². The summed E-state index contributed by atoms with van der Waals surface area (Å²) in [5.41, 5.74) is 0. The van der Waals surface area contributed by atoms with Crippen molar-refractivity contribution in [3.05, 3.63) is 0 Å². The number of amides is 1. The lowest BCUT2D eigenvalue weighted by Crippen LogP contribution is -2.28. The molecular formula is C11H20ClNO2. The van der Waals surface area contributed by atoms with Gasteiger partial charge in [-0.1, -0.05) is 12.8 Å². The zero-order chi connectivity index (χ0) is 10.9. The van der Waals surface area contributed by atoms with Gasteiger partial charge in [0.1, 0.15) is 0 Å². The minimum absolute atomic E-state index is 0.0747. The highest BCUT2D eigenvalue weighted by molar-refractivity contribution is 6.17. The molecule has 1 fully saturated rings. The van der Waals surface area contributed by atoms with E-state index in [9.17, 15) is 4.79 Å². The first-order valence-corrected chi connectivity index (χ1v) is 6.30. The van der Waals surface area contributed by atoms with Crippen molar-refractivity contribution in [2.24, 2.45) is 0 Å². The van der Waals surface area contributed by atoms with E-state index in [-0.39, 0.29) is 5.91 Å². The van der Waals surface area contributed by atoms with Crippen LogP contribution < -0.4 is 5.32 Å². The summed E-state index contributed by atoms with van der Waals surface area (Å²) in [6.07, 6.45) is 6.63. The SMILES string of the molecule is O=C(CCCCl)NCCOC1CCCC1. The summed E-state index contributed by atoms with van der Waals surface area (Å²) in [5.74, 6) is 0.622. The van der Waals surface area contributed by atoms with Crippen LogP contribution in [-0.4, -0.2) is 31.0 Å². The average Bonchev–Trinajstić information content (AvgIpc) is 2.74.